The molecule has 1 amide bonds. The average molecular weight is 439 g/mol. The molecule has 3 heterocycles. The Kier molecular flexibility index (Phi) is 6.03. The Morgan fingerprint density at radius 2 is 1.84 bits per heavy atom. The van der Waals surface area contributed by atoms with Crippen molar-refractivity contribution in [3.8, 4) is 10.4 Å². The van der Waals surface area contributed by atoms with Crippen LogP contribution in [0.2, 0.25) is 0 Å². The molecule has 0 atom stereocenters. The molecule has 0 aliphatic carbocycles. The fourth-order valence-corrected chi connectivity index (χ4v) is 3.84. The van der Waals surface area contributed by atoms with E-state index < -0.39 is 5.60 Å². The largest absolute Gasteiger partial charge is 0.444 e. The van der Waals surface area contributed by atoms with Gasteiger partial charge in [-0.2, -0.15) is 4.98 Å². The van der Waals surface area contributed by atoms with Gasteiger partial charge in [0.2, 0.25) is 5.95 Å². The van der Waals surface area contributed by atoms with Crippen molar-refractivity contribution in [3.63, 3.8) is 0 Å². The number of thiazole rings is 1. The molecule has 8 nitrogen and oxygen atoms in total. The number of piperazine rings is 1. The second-order valence-corrected chi connectivity index (χ2v) is 9.15. The number of carbonyl (C=O) groups is 1. The quantitative estimate of drug-likeness (QED) is 0.646. The van der Waals surface area contributed by atoms with Crippen LogP contribution in [0, 0.1) is 0 Å². The van der Waals surface area contributed by atoms with Crippen LogP contribution in [0.1, 0.15) is 20.8 Å². The highest BCUT2D eigenvalue weighted by molar-refractivity contribution is 7.13. The molecule has 1 fully saturated rings. The van der Waals surface area contributed by atoms with Gasteiger partial charge >= 0.3 is 6.09 Å². The van der Waals surface area contributed by atoms with Gasteiger partial charge in [0.1, 0.15) is 11.4 Å². The van der Waals surface area contributed by atoms with Gasteiger partial charge in [-0.3, -0.25) is 4.98 Å². The zero-order chi connectivity index (χ0) is 21.8. The summed E-state index contributed by atoms with van der Waals surface area (Å²) in [6.45, 7) is 8.10. The molecule has 1 N–H and O–H groups in total. The molecule has 1 aliphatic rings. The van der Waals surface area contributed by atoms with Gasteiger partial charge in [0, 0.05) is 44.3 Å². The monoisotopic (exact) mass is 438 g/mol. The minimum atomic E-state index is -0.490. The lowest BCUT2D eigenvalue weighted by Gasteiger charge is -2.35. The molecule has 0 bridgehead atoms. The molecule has 4 rings (SSSR count). The van der Waals surface area contributed by atoms with Gasteiger partial charge < -0.3 is 19.9 Å². The zero-order valence-electron chi connectivity index (χ0n) is 17.9. The summed E-state index contributed by atoms with van der Waals surface area (Å²) in [7, 11) is 0. The highest BCUT2D eigenvalue weighted by Gasteiger charge is 2.26. The maximum Gasteiger partial charge on any atom is 0.410 e. The molecule has 1 saturated heterocycles. The first-order valence-corrected chi connectivity index (χ1v) is 11.1. The summed E-state index contributed by atoms with van der Waals surface area (Å²) in [5, 5.41) is 3.33. The van der Waals surface area contributed by atoms with Gasteiger partial charge in [-0.05, 0) is 44.5 Å². The number of rotatable bonds is 4. The Bertz CT molecular complexity index is 1010. The maximum absolute atomic E-state index is 12.3. The summed E-state index contributed by atoms with van der Waals surface area (Å²) in [5.41, 5.74) is 3.43. The number of benzene rings is 1. The van der Waals surface area contributed by atoms with E-state index in [0.29, 0.717) is 32.1 Å². The zero-order valence-corrected chi connectivity index (χ0v) is 18.7. The molecule has 0 unspecified atom stereocenters. The van der Waals surface area contributed by atoms with Crippen molar-refractivity contribution in [1.29, 1.82) is 0 Å². The molecule has 0 saturated carbocycles. The van der Waals surface area contributed by atoms with E-state index >= 15 is 0 Å². The SMILES string of the molecule is CC(C)(C)OC(=O)N1CCN(c2nccc(Nc3ccc(-c4cncs4)cc3)n2)CC1. The summed E-state index contributed by atoms with van der Waals surface area (Å²) in [4.78, 5) is 30.4. The molecule has 31 heavy (non-hydrogen) atoms. The summed E-state index contributed by atoms with van der Waals surface area (Å²) in [6.07, 6.45) is 3.34. The van der Waals surface area contributed by atoms with Crippen molar-refractivity contribution >= 4 is 34.9 Å². The Balaban J connectivity index is 1.36. The van der Waals surface area contributed by atoms with Crippen molar-refractivity contribution in [2.75, 3.05) is 36.4 Å². The Labute approximate surface area is 185 Å². The van der Waals surface area contributed by atoms with Gasteiger partial charge in [0.25, 0.3) is 0 Å². The lowest BCUT2D eigenvalue weighted by atomic mass is 10.2. The fourth-order valence-electron chi connectivity index (χ4n) is 3.21. The smallest absolute Gasteiger partial charge is 0.410 e. The third-order valence-corrected chi connectivity index (χ3v) is 5.55. The van der Waals surface area contributed by atoms with Crippen molar-refractivity contribution in [1.82, 2.24) is 19.9 Å². The average Bonchev–Trinajstić information content (AvgIpc) is 3.28. The van der Waals surface area contributed by atoms with Crippen LogP contribution < -0.4 is 10.2 Å². The number of nitrogens with one attached hydrogen (secondary N) is 1. The highest BCUT2D eigenvalue weighted by atomic mass is 32.1. The molecule has 1 aromatic carbocycles. The van der Waals surface area contributed by atoms with Crippen molar-refractivity contribution in [2.24, 2.45) is 0 Å². The van der Waals surface area contributed by atoms with Crippen LogP contribution in [0.5, 0.6) is 0 Å². The minimum Gasteiger partial charge on any atom is -0.444 e. The lowest BCUT2D eigenvalue weighted by molar-refractivity contribution is 0.0240. The summed E-state index contributed by atoms with van der Waals surface area (Å²) in [6, 6.07) is 10.0. The van der Waals surface area contributed by atoms with E-state index in [1.165, 1.54) is 0 Å². The molecule has 0 radical (unpaired) electrons. The molecule has 3 aromatic rings. The van der Waals surface area contributed by atoms with E-state index in [9.17, 15) is 4.79 Å². The number of hydrogen-bond donors (Lipinski definition) is 1. The summed E-state index contributed by atoms with van der Waals surface area (Å²) < 4.78 is 5.46. The number of hydrogen-bond acceptors (Lipinski definition) is 8. The normalized spacial score (nSPS) is 14.4. The van der Waals surface area contributed by atoms with E-state index in [1.54, 1.807) is 22.4 Å². The topological polar surface area (TPSA) is 83.5 Å². The Morgan fingerprint density at radius 1 is 1.10 bits per heavy atom. The molecular weight excluding hydrogens is 412 g/mol. The second-order valence-electron chi connectivity index (χ2n) is 8.26. The van der Waals surface area contributed by atoms with E-state index in [4.69, 9.17) is 4.74 Å². The molecule has 0 spiro atoms. The van der Waals surface area contributed by atoms with Crippen molar-refractivity contribution in [3.05, 3.63) is 48.2 Å². The number of carbonyl (C=O) groups excluding carboxylic acids is 1. The van der Waals surface area contributed by atoms with Crippen LogP contribution in [0.3, 0.4) is 0 Å². The summed E-state index contributed by atoms with van der Waals surface area (Å²) >= 11 is 1.62. The van der Waals surface area contributed by atoms with E-state index in [1.807, 2.05) is 50.7 Å². The lowest BCUT2D eigenvalue weighted by Crippen LogP contribution is -2.50. The van der Waals surface area contributed by atoms with Gasteiger partial charge in [0.05, 0.1) is 10.4 Å². The van der Waals surface area contributed by atoms with Crippen molar-refractivity contribution < 1.29 is 9.53 Å². The van der Waals surface area contributed by atoms with Gasteiger partial charge in [-0.1, -0.05) is 12.1 Å². The van der Waals surface area contributed by atoms with E-state index in [0.717, 1.165) is 21.9 Å². The number of anilines is 3. The first kappa shape index (κ1) is 21.0. The molecular formula is C22H26N6O2S. The third kappa shape index (κ3) is 5.49. The predicted molar refractivity (Wildman–Crippen MR) is 123 cm³/mol. The summed E-state index contributed by atoms with van der Waals surface area (Å²) in [5.74, 6) is 1.38. The van der Waals surface area contributed by atoms with Crippen molar-refractivity contribution in [2.45, 2.75) is 26.4 Å². The number of ether oxygens (including phenoxy) is 1. The van der Waals surface area contributed by atoms with Gasteiger partial charge in [-0.25, -0.2) is 9.78 Å². The third-order valence-electron chi connectivity index (χ3n) is 4.73. The Hall–Kier alpha value is -3.20. The molecule has 2 aromatic heterocycles. The first-order valence-electron chi connectivity index (χ1n) is 10.2. The molecule has 1 aliphatic heterocycles. The van der Waals surface area contributed by atoms with E-state index in [-0.39, 0.29) is 6.09 Å². The van der Waals surface area contributed by atoms with Crippen LogP contribution in [-0.4, -0.2) is 57.7 Å². The van der Waals surface area contributed by atoms with Crippen LogP contribution in [0.4, 0.5) is 22.2 Å². The second kappa shape index (κ2) is 8.89. The van der Waals surface area contributed by atoms with Crippen LogP contribution in [-0.2, 0) is 4.74 Å². The number of nitrogens with zero attached hydrogens (tertiary/aromatic N) is 5. The van der Waals surface area contributed by atoms with Crippen LogP contribution in [0.15, 0.2) is 48.2 Å². The number of aromatic nitrogens is 3. The fraction of sp³-hybridized carbons (Fsp3) is 0.364. The van der Waals surface area contributed by atoms with Crippen LogP contribution in [0.25, 0.3) is 10.4 Å². The van der Waals surface area contributed by atoms with Gasteiger partial charge in [-0.15, -0.1) is 11.3 Å². The minimum absolute atomic E-state index is 0.273. The first-order chi connectivity index (χ1) is 14.9. The number of amides is 1. The van der Waals surface area contributed by atoms with Crippen LogP contribution >= 0.6 is 11.3 Å². The highest BCUT2D eigenvalue weighted by Crippen LogP contribution is 2.26. The molecule has 9 heteroatoms. The molecule has 162 valence electrons. The maximum atomic E-state index is 12.3. The van der Waals surface area contributed by atoms with E-state index in [2.05, 4.69) is 37.3 Å². The van der Waals surface area contributed by atoms with Gasteiger partial charge in [0.15, 0.2) is 0 Å². The predicted octanol–water partition coefficient (Wildman–Crippen LogP) is 4.40. The Morgan fingerprint density at radius 3 is 2.48 bits per heavy atom. The standard InChI is InChI=1S/C22H26N6O2S/c1-22(2,3)30-21(29)28-12-10-27(11-13-28)20-24-9-8-19(26-20)25-17-6-4-16(5-7-17)18-14-23-15-31-18/h4-9,14-15H,10-13H2,1-3H3,(H,24,25,26).